The summed E-state index contributed by atoms with van der Waals surface area (Å²) in [5, 5.41) is 10.5. The highest BCUT2D eigenvalue weighted by Gasteiger charge is 2.38. The maximum absolute atomic E-state index is 15.4. The molecule has 14 heteroatoms. The lowest BCUT2D eigenvalue weighted by Gasteiger charge is -2.20. The lowest BCUT2D eigenvalue weighted by atomic mass is 10.0. The highest BCUT2D eigenvalue weighted by molar-refractivity contribution is 7.94. The number of Topliss-reactive ketones (excluding diaryl/α,β-unsaturated/α-hetero) is 1. The molecule has 2 aliphatic rings. The third-order valence-corrected chi connectivity index (χ3v) is 9.34. The zero-order valence-corrected chi connectivity index (χ0v) is 19.7. The molecule has 8 nitrogen and oxygen atoms in total. The van der Waals surface area contributed by atoms with Gasteiger partial charge in [0.2, 0.25) is 20.0 Å². The van der Waals surface area contributed by atoms with E-state index in [2.05, 4.69) is 0 Å². The van der Waals surface area contributed by atoms with Gasteiger partial charge in [0.15, 0.2) is 11.6 Å². The Labute approximate surface area is 198 Å². The van der Waals surface area contributed by atoms with E-state index in [1.807, 2.05) is 0 Å². The largest absolute Gasteiger partial charge is 0.506 e. The zero-order valence-electron chi connectivity index (χ0n) is 18.0. The lowest BCUT2D eigenvalue weighted by Crippen LogP contribution is -2.31. The van der Waals surface area contributed by atoms with Crippen molar-refractivity contribution in [3.05, 3.63) is 41.7 Å². The normalized spacial score (nSPS) is 19.0. The van der Waals surface area contributed by atoms with Crippen LogP contribution < -0.4 is 4.31 Å². The van der Waals surface area contributed by atoms with Gasteiger partial charge in [-0.3, -0.25) is 9.10 Å². The number of sulfonamides is 2. The average Bonchev–Trinajstić information content (AvgIpc) is 3.32. The van der Waals surface area contributed by atoms with Crippen molar-refractivity contribution in [3.8, 4) is 5.75 Å². The molecule has 0 aliphatic carbocycles. The van der Waals surface area contributed by atoms with Crippen LogP contribution >= 0.6 is 0 Å². The van der Waals surface area contributed by atoms with E-state index in [1.165, 1.54) is 12.1 Å². The number of anilines is 1. The second kappa shape index (κ2) is 8.75. The van der Waals surface area contributed by atoms with Crippen LogP contribution in [0.15, 0.2) is 30.3 Å². The fourth-order valence-corrected chi connectivity index (χ4v) is 6.96. The maximum atomic E-state index is 15.4. The fourth-order valence-electron chi connectivity index (χ4n) is 4.10. The van der Waals surface area contributed by atoms with Crippen molar-refractivity contribution in [2.45, 2.75) is 19.0 Å². The first-order valence-corrected chi connectivity index (χ1v) is 13.6. The number of aromatic hydroxyl groups is 1. The second-order valence-corrected chi connectivity index (χ2v) is 12.3. The Morgan fingerprint density at radius 3 is 2.46 bits per heavy atom. The Hall–Kier alpha value is -2.71. The van der Waals surface area contributed by atoms with Crippen LogP contribution in [0.4, 0.5) is 23.2 Å². The number of alkyl halides is 3. The summed E-state index contributed by atoms with van der Waals surface area (Å²) in [6, 6.07) is 5.55. The molecule has 35 heavy (non-hydrogen) atoms. The molecule has 4 rings (SSSR count). The molecule has 0 aromatic heterocycles. The molecule has 1 N–H and O–H groups in total. The number of benzene rings is 2. The second-order valence-electron chi connectivity index (χ2n) is 8.35. The van der Waals surface area contributed by atoms with Gasteiger partial charge < -0.3 is 5.11 Å². The smallest absolute Gasteiger partial charge is 0.389 e. The summed E-state index contributed by atoms with van der Waals surface area (Å²) < 4.78 is 103. The third kappa shape index (κ3) is 5.14. The number of ketones is 1. The van der Waals surface area contributed by atoms with Gasteiger partial charge in [-0.05, 0) is 35.1 Å². The molecule has 0 radical (unpaired) electrons. The minimum absolute atomic E-state index is 0.0564. The molecule has 1 saturated heterocycles. The van der Waals surface area contributed by atoms with Gasteiger partial charge in [0.25, 0.3) is 0 Å². The zero-order chi connectivity index (χ0) is 25.8. The van der Waals surface area contributed by atoms with Gasteiger partial charge in [-0.15, -0.1) is 0 Å². The number of nitrogens with zero attached hydrogens (tertiary/aromatic N) is 2. The minimum Gasteiger partial charge on any atom is -0.506 e. The van der Waals surface area contributed by atoms with Gasteiger partial charge >= 0.3 is 6.18 Å². The quantitative estimate of drug-likeness (QED) is 0.569. The van der Waals surface area contributed by atoms with Crippen LogP contribution in [-0.2, 0) is 24.8 Å². The van der Waals surface area contributed by atoms with Crippen molar-refractivity contribution in [3.63, 3.8) is 0 Å². The number of carbonyl (C=O) groups is 1. The standard InChI is InChI=1S/C21H20F4N2O6S2/c22-19-17-8-13(15-4-6-26(10-15)34(30,31)7-1-5-21(23,24)25)2-3-14(17)9-18(29)20(19)27-11-16(28)12-35(27,32)33/h2-4,8-9,29H,1,5-7,10-12H2. The van der Waals surface area contributed by atoms with Crippen LogP contribution in [0, 0.1) is 5.82 Å². The van der Waals surface area contributed by atoms with Crippen LogP contribution in [0.3, 0.4) is 0 Å². The molecule has 2 aromatic rings. The van der Waals surface area contributed by atoms with E-state index >= 15 is 4.39 Å². The number of hydrogen-bond acceptors (Lipinski definition) is 6. The van der Waals surface area contributed by atoms with E-state index in [-0.39, 0.29) is 23.9 Å². The number of carbonyl (C=O) groups excluding carboxylic acids is 1. The number of fused-ring (bicyclic) bond motifs is 1. The van der Waals surface area contributed by atoms with Gasteiger partial charge in [-0.25, -0.2) is 21.2 Å². The van der Waals surface area contributed by atoms with Crippen molar-refractivity contribution in [2.24, 2.45) is 0 Å². The van der Waals surface area contributed by atoms with Crippen LogP contribution in [0.2, 0.25) is 0 Å². The molecule has 190 valence electrons. The highest BCUT2D eigenvalue weighted by Crippen LogP contribution is 2.40. The highest BCUT2D eigenvalue weighted by atomic mass is 32.2. The number of halogens is 4. The van der Waals surface area contributed by atoms with Crippen LogP contribution in [0.5, 0.6) is 5.75 Å². The summed E-state index contributed by atoms with van der Waals surface area (Å²) in [6.07, 6.45) is -4.66. The van der Waals surface area contributed by atoms with Gasteiger partial charge in [0.05, 0.1) is 12.3 Å². The summed E-state index contributed by atoms with van der Waals surface area (Å²) in [5.74, 6) is -3.83. The number of phenols is 1. The van der Waals surface area contributed by atoms with E-state index in [4.69, 9.17) is 0 Å². The summed E-state index contributed by atoms with van der Waals surface area (Å²) in [6.45, 7) is -0.787. The van der Waals surface area contributed by atoms with Gasteiger partial charge in [0.1, 0.15) is 17.2 Å². The molecule has 0 atom stereocenters. The van der Waals surface area contributed by atoms with E-state index in [1.54, 1.807) is 12.1 Å². The summed E-state index contributed by atoms with van der Waals surface area (Å²) in [5.41, 5.74) is 0.264. The molecule has 0 unspecified atom stereocenters. The molecular formula is C21H20F4N2O6S2. The van der Waals surface area contributed by atoms with Gasteiger partial charge in [-0.2, -0.15) is 17.5 Å². The molecule has 0 bridgehead atoms. The summed E-state index contributed by atoms with van der Waals surface area (Å²) >= 11 is 0. The van der Waals surface area contributed by atoms with Crippen LogP contribution in [0.1, 0.15) is 18.4 Å². The minimum atomic E-state index is -4.45. The first-order valence-electron chi connectivity index (χ1n) is 10.4. The molecule has 1 fully saturated rings. The van der Waals surface area contributed by atoms with Crippen molar-refractivity contribution < 1.29 is 44.3 Å². The van der Waals surface area contributed by atoms with Crippen LogP contribution in [0.25, 0.3) is 16.3 Å². The average molecular weight is 537 g/mol. The number of rotatable bonds is 6. The Bertz CT molecular complexity index is 1450. The number of phenolic OH excluding ortho intramolecular Hbond substituents is 1. The van der Waals surface area contributed by atoms with Gasteiger partial charge in [0, 0.05) is 24.9 Å². The van der Waals surface area contributed by atoms with Crippen LogP contribution in [-0.4, -0.2) is 69.3 Å². The molecule has 2 aliphatic heterocycles. The lowest BCUT2D eigenvalue weighted by molar-refractivity contribution is -0.134. The Morgan fingerprint density at radius 2 is 1.83 bits per heavy atom. The van der Waals surface area contributed by atoms with E-state index in [9.17, 15) is 39.9 Å². The van der Waals surface area contributed by atoms with E-state index in [0.29, 0.717) is 15.4 Å². The predicted octanol–water partition coefficient (Wildman–Crippen LogP) is 2.77. The molecule has 0 amide bonds. The first-order chi connectivity index (χ1) is 16.2. The van der Waals surface area contributed by atoms with Crippen molar-refractivity contribution >= 4 is 47.9 Å². The fraction of sp³-hybridized carbons (Fsp3) is 0.381. The number of hydrogen-bond donors (Lipinski definition) is 1. The van der Waals surface area contributed by atoms with E-state index in [0.717, 1.165) is 10.4 Å². The molecule has 2 aromatic carbocycles. The van der Waals surface area contributed by atoms with Crippen molar-refractivity contribution in [2.75, 3.05) is 35.4 Å². The molecule has 0 spiro atoms. The summed E-state index contributed by atoms with van der Waals surface area (Å²) in [4.78, 5) is 11.6. The summed E-state index contributed by atoms with van der Waals surface area (Å²) in [7, 11) is -8.09. The Kier molecular flexibility index (Phi) is 6.34. The van der Waals surface area contributed by atoms with Crippen molar-refractivity contribution in [1.29, 1.82) is 0 Å². The SMILES string of the molecule is O=C1CN(c2c(O)cc3ccc(C4=CCN(S(=O)(=O)CCCC(F)(F)F)C4)cc3c2F)S(=O)(=O)C1. The molecule has 2 heterocycles. The van der Waals surface area contributed by atoms with Crippen molar-refractivity contribution in [1.82, 2.24) is 4.31 Å². The first kappa shape index (κ1) is 25.4. The maximum Gasteiger partial charge on any atom is 0.389 e. The Morgan fingerprint density at radius 1 is 1.11 bits per heavy atom. The topological polar surface area (TPSA) is 112 Å². The monoisotopic (exact) mass is 536 g/mol. The molecule has 0 saturated carbocycles. The third-order valence-electron chi connectivity index (χ3n) is 5.80. The Balaban J connectivity index is 1.60. The van der Waals surface area contributed by atoms with E-state index < -0.39 is 80.2 Å². The molecular weight excluding hydrogens is 516 g/mol. The predicted molar refractivity (Wildman–Crippen MR) is 120 cm³/mol. The van der Waals surface area contributed by atoms with Gasteiger partial charge in [-0.1, -0.05) is 18.2 Å².